The fourth-order valence-electron chi connectivity index (χ4n) is 0.914. The Hall–Kier alpha value is -2.22. The van der Waals surface area contributed by atoms with Gasteiger partial charge in [-0.15, -0.1) is 5.10 Å². The molecule has 2 aromatic rings. The summed E-state index contributed by atoms with van der Waals surface area (Å²) in [6.07, 6.45) is 3.12. The molecule has 2 rings (SSSR count). The van der Waals surface area contributed by atoms with Gasteiger partial charge in [-0.25, -0.2) is 14.6 Å². The largest absolute Gasteiger partial charge is 0.252 e. The maximum Gasteiger partial charge on any atom is 0.252 e. The normalized spacial score (nSPS) is 9.46. The van der Waals surface area contributed by atoms with E-state index < -0.39 is 0 Å². The minimum atomic E-state index is 0.144. The van der Waals surface area contributed by atoms with Crippen LogP contribution < -0.4 is 0 Å². The van der Waals surface area contributed by atoms with Gasteiger partial charge in [0.05, 0.1) is 0 Å². The molecule has 0 radical (unpaired) electrons. The fraction of sp³-hybridized carbons (Fsp3) is 0. The van der Waals surface area contributed by atoms with E-state index in [2.05, 4.69) is 15.1 Å². The molecule has 0 aliphatic rings. The van der Waals surface area contributed by atoms with Crippen molar-refractivity contribution in [2.45, 2.75) is 0 Å². The molecule has 0 aromatic carbocycles. The number of nitrogens with zero attached hydrogens (tertiary/aromatic N) is 5. The summed E-state index contributed by atoms with van der Waals surface area (Å²) in [4.78, 5) is 7.81. The number of rotatable bonds is 1. The smallest absolute Gasteiger partial charge is 0.237 e. The molecule has 5 heteroatoms. The number of hydrogen-bond acceptors (Lipinski definition) is 4. The molecule has 0 saturated heterocycles. The summed E-state index contributed by atoms with van der Waals surface area (Å²) < 4.78 is 1.46. The van der Waals surface area contributed by atoms with E-state index in [4.69, 9.17) is 5.26 Å². The maximum atomic E-state index is 8.49. The van der Waals surface area contributed by atoms with Gasteiger partial charge >= 0.3 is 0 Å². The van der Waals surface area contributed by atoms with Crippen molar-refractivity contribution in [3.63, 3.8) is 0 Å². The Morgan fingerprint density at radius 1 is 1.31 bits per heavy atom. The average Bonchev–Trinajstić information content (AvgIpc) is 2.67. The van der Waals surface area contributed by atoms with Gasteiger partial charge in [0.15, 0.2) is 5.82 Å². The second kappa shape index (κ2) is 3.03. The lowest BCUT2D eigenvalue weighted by Gasteiger charge is -1.95. The van der Waals surface area contributed by atoms with E-state index in [1.165, 1.54) is 11.0 Å². The molecule has 0 amide bonds. The van der Waals surface area contributed by atoms with Crippen LogP contribution in [-0.2, 0) is 0 Å². The molecule has 0 saturated carbocycles. The van der Waals surface area contributed by atoms with Crippen molar-refractivity contribution < 1.29 is 0 Å². The van der Waals surface area contributed by atoms with Gasteiger partial charge in [-0.2, -0.15) is 5.26 Å². The van der Waals surface area contributed by atoms with E-state index in [1.807, 2.05) is 18.2 Å². The van der Waals surface area contributed by atoms with Crippen molar-refractivity contribution in [2.75, 3.05) is 0 Å². The van der Waals surface area contributed by atoms with Crippen LogP contribution in [0, 0.1) is 11.3 Å². The van der Waals surface area contributed by atoms with Gasteiger partial charge in [0.25, 0.3) is 5.82 Å². The highest BCUT2D eigenvalue weighted by Gasteiger charge is 2.00. The lowest BCUT2D eigenvalue weighted by Crippen LogP contribution is -1.97. The molecule has 0 atom stereocenters. The molecule has 62 valence electrons. The van der Waals surface area contributed by atoms with Crippen molar-refractivity contribution in [2.24, 2.45) is 0 Å². The number of pyridine rings is 1. The van der Waals surface area contributed by atoms with E-state index in [0.29, 0.717) is 5.82 Å². The minimum Gasteiger partial charge on any atom is -0.237 e. The van der Waals surface area contributed by atoms with Crippen LogP contribution in [0.1, 0.15) is 5.82 Å². The van der Waals surface area contributed by atoms with Crippen LogP contribution in [0.4, 0.5) is 0 Å². The summed E-state index contributed by atoms with van der Waals surface area (Å²) in [5.41, 5.74) is 0. The van der Waals surface area contributed by atoms with Crippen LogP contribution in [0.5, 0.6) is 0 Å². The van der Waals surface area contributed by atoms with Crippen LogP contribution in [0.25, 0.3) is 5.82 Å². The standard InChI is InChI=1S/C8H5N5/c9-5-7-11-6-13(12-7)8-3-1-2-4-10-8/h1-4,6H. The molecule has 2 aromatic heterocycles. The summed E-state index contributed by atoms with van der Waals surface area (Å²) in [5.74, 6) is 0.794. The van der Waals surface area contributed by atoms with Crippen molar-refractivity contribution in [3.8, 4) is 11.9 Å². The second-order valence-electron chi connectivity index (χ2n) is 2.31. The van der Waals surface area contributed by atoms with Crippen LogP contribution >= 0.6 is 0 Å². The Bertz CT molecular complexity index is 439. The molecule has 5 nitrogen and oxygen atoms in total. The van der Waals surface area contributed by atoms with Crippen molar-refractivity contribution in [1.29, 1.82) is 5.26 Å². The van der Waals surface area contributed by atoms with Gasteiger partial charge in [-0.3, -0.25) is 0 Å². The molecule has 0 N–H and O–H groups in total. The number of nitriles is 1. The molecular weight excluding hydrogens is 166 g/mol. The Balaban J connectivity index is 2.43. The quantitative estimate of drug-likeness (QED) is 0.627. The molecule has 0 aliphatic heterocycles. The predicted octanol–water partition coefficient (Wildman–Crippen LogP) is 0.534. The Labute approximate surface area is 74.3 Å². The molecule has 0 unspecified atom stereocenters. The lowest BCUT2D eigenvalue weighted by molar-refractivity contribution is 0.840. The Morgan fingerprint density at radius 3 is 2.85 bits per heavy atom. The maximum absolute atomic E-state index is 8.49. The highest BCUT2D eigenvalue weighted by atomic mass is 15.4. The van der Waals surface area contributed by atoms with Crippen LogP contribution in [0.15, 0.2) is 30.7 Å². The first-order valence-corrected chi connectivity index (χ1v) is 3.63. The van der Waals surface area contributed by atoms with Gasteiger partial charge in [0.1, 0.15) is 12.4 Å². The summed E-state index contributed by atoms with van der Waals surface area (Å²) in [5, 5.41) is 12.4. The molecule has 0 fully saturated rings. The van der Waals surface area contributed by atoms with E-state index in [9.17, 15) is 0 Å². The fourth-order valence-corrected chi connectivity index (χ4v) is 0.914. The zero-order chi connectivity index (χ0) is 9.10. The molecule has 2 heterocycles. The van der Waals surface area contributed by atoms with Crippen LogP contribution in [0.2, 0.25) is 0 Å². The molecule has 13 heavy (non-hydrogen) atoms. The van der Waals surface area contributed by atoms with E-state index >= 15 is 0 Å². The highest BCUT2D eigenvalue weighted by molar-refractivity contribution is 5.20. The third-order valence-corrected chi connectivity index (χ3v) is 1.48. The zero-order valence-corrected chi connectivity index (χ0v) is 6.62. The third kappa shape index (κ3) is 1.37. The Kier molecular flexibility index (Phi) is 1.73. The third-order valence-electron chi connectivity index (χ3n) is 1.48. The van der Waals surface area contributed by atoms with Gasteiger partial charge in [-0.1, -0.05) is 6.07 Å². The first kappa shape index (κ1) is 7.43. The predicted molar refractivity (Wildman–Crippen MR) is 43.9 cm³/mol. The van der Waals surface area contributed by atoms with Crippen molar-refractivity contribution in [3.05, 3.63) is 36.5 Å². The van der Waals surface area contributed by atoms with Crippen molar-refractivity contribution in [1.82, 2.24) is 19.7 Å². The second-order valence-corrected chi connectivity index (χ2v) is 2.31. The van der Waals surface area contributed by atoms with Gasteiger partial charge in [0.2, 0.25) is 0 Å². The average molecular weight is 171 g/mol. The summed E-state index contributed by atoms with van der Waals surface area (Å²) in [7, 11) is 0. The zero-order valence-electron chi connectivity index (χ0n) is 6.62. The van der Waals surface area contributed by atoms with Crippen molar-refractivity contribution >= 4 is 0 Å². The van der Waals surface area contributed by atoms with Gasteiger partial charge in [-0.05, 0) is 12.1 Å². The van der Waals surface area contributed by atoms with Gasteiger partial charge < -0.3 is 0 Å². The number of aromatic nitrogens is 4. The molecule has 0 bridgehead atoms. The monoisotopic (exact) mass is 171 g/mol. The minimum absolute atomic E-state index is 0.144. The summed E-state index contributed by atoms with van der Waals surface area (Å²) in [6.45, 7) is 0. The first-order valence-electron chi connectivity index (χ1n) is 3.63. The van der Waals surface area contributed by atoms with E-state index in [0.717, 1.165) is 0 Å². The van der Waals surface area contributed by atoms with Gasteiger partial charge in [0, 0.05) is 6.20 Å². The Morgan fingerprint density at radius 2 is 2.23 bits per heavy atom. The van der Waals surface area contributed by atoms with Crippen LogP contribution in [0.3, 0.4) is 0 Å². The lowest BCUT2D eigenvalue weighted by atomic mass is 10.5. The molecule has 0 aliphatic carbocycles. The SMILES string of the molecule is N#Cc1ncn(-c2ccccn2)n1. The molecular formula is C8H5N5. The van der Waals surface area contributed by atoms with Crippen LogP contribution in [-0.4, -0.2) is 19.7 Å². The summed E-state index contributed by atoms with van der Waals surface area (Å²) >= 11 is 0. The highest BCUT2D eigenvalue weighted by Crippen LogP contribution is 1.99. The first-order chi connectivity index (χ1) is 6.40. The topological polar surface area (TPSA) is 67.4 Å². The van der Waals surface area contributed by atoms with E-state index in [-0.39, 0.29) is 5.82 Å². The summed E-state index contributed by atoms with van der Waals surface area (Å²) in [6, 6.07) is 7.29. The number of hydrogen-bond donors (Lipinski definition) is 0. The molecule has 0 spiro atoms. The van der Waals surface area contributed by atoms with E-state index in [1.54, 1.807) is 12.3 Å².